The summed E-state index contributed by atoms with van der Waals surface area (Å²) in [4.78, 5) is 14.9. The monoisotopic (exact) mass is 269 g/mol. The maximum absolute atomic E-state index is 10.7. The van der Waals surface area contributed by atoms with Gasteiger partial charge in [0.15, 0.2) is 6.61 Å². The number of pyridine rings is 1. The Kier molecular flexibility index (Phi) is 4.10. The van der Waals surface area contributed by atoms with Gasteiger partial charge in [-0.2, -0.15) is 0 Å². The van der Waals surface area contributed by atoms with Crippen molar-refractivity contribution in [2.24, 2.45) is 5.73 Å². The Labute approximate surface area is 116 Å². The van der Waals surface area contributed by atoms with Crippen LogP contribution in [0.25, 0.3) is 0 Å². The number of nitrogens with two attached hydrogens (primary N) is 1. The molecule has 5 nitrogen and oxygen atoms in total. The number of aryl methyl sites for hydroxylation is 1. The highest BCUT2D eigenvalue weighted by atomic mass is 16.5. The first-order chi connectivity index (χ1) is 9.58. The summed E-state index contributed by atoms with van der Waals surface area (Å²) in [6.45, 7) is 1.59. The number of rotatable bonds is 5. The van der Waals surface area contributed by atoms with Crippen molar-refractivity contribution in [2.45, 2.75) is 6.92 Å². The molecule has 2 rings (SSSR count). The Morgan fingerprint density at radius 1 is 1.25 bits per heavy atom. The molecular weight excluding hydrogens is 254 g/mol. The maximum Gasteiger partial charge on any atom is 0.255 e. The minimum Gasteiger partial charge on any atom is -0.468 e. The predicted molar refractivity (Wildman–Crippen MR) is 76.0 cm³/mol. The number of nitrogens with one attached hydrogen (secondary N) is 1. The fourth-order valence-corrected chi connectivity index (χ4v) is 1.79. The molecule has 0 aliphatic rings. The van der Waals surface area contributed by atoms with Crippen LogP contribution in [0, 0.1) is 12.3 Å². The van der Waals surface area contributed by atoms with Gasteiger partial charge in [0.1, 0.15) is 0 Å². The number of primary amides is 1. The SMILES string of the molecule is Cc1nc(OCC(N)=O)ccc1C(=N)c1ccccc1. The number of hydrogen-bond acceptors (Lipinski definition) is 4. The third kappa shape index (κ3) is 3.20. The van der Waals surface area contributed by atoms with E-state index >= 15 is 0 Å². The van der Waals surface area contributed by atoms with Crippen LogP contribution < -0.4 is 10.5 Å². The van der Waals surface area contributed by atoms with Crippen LogP contribution in [0.5, 0.6) is 5.88 Å². The van der Waals surface area contributed by atoms with Crippen molar-refractivity contribution in [3.63, 3.8) is 0 Å². The molecule has 102 valence electrons. The Bertz CT molecular complexity index is 639. The summed E-state index contributed by atoms with van der Waals surface area (Å²) in [6.07, 6.45) is 0. The number of ether oxygens (including phenoxy) is 1. The molecule has 20 heavy (non-hydrogen) atoms. The van der Waals surface area contributed by atoms with E-state index in [0.29, 0.717) is 17.3 Å². The zero-order valence-corrected chi connectivity index (χ0v) is 11.1. The number of carbonyl (C=O) groups excluding carboxylic acids is 1. The summed E-state index contributed by atoms with van der Waals surface area (Å²) < 4.78 is 5.13. The van der Waals surface area contributed by atoms with E-state index in [1.54, 1.807) is 19.1 Å². The maximum atomic E-state index is 10.7. The second-order valence-electron chi connectivity index (χ2n) is 4.28. The summed E-state index contributed by atoms with van der Waals surface area (Å²) in [5, 5.41) is 8.20. The summed E-state index contributed by atoms with van der Waals surface area (Å²) >= 11 is 0. The quantitative estimate of drug-likeness (QED) is 0.809. The van der Waals surface area contributed by atoms with E-state index in [1.807, 2.05) is 30.3 Å². The highest BCUT2D eigenvalue weighted by Gasteiger charge is 2.10. The Hall–Kier alpha value is -2.69. The minimum atomic E-state index is -0.550. The summed E-state index contributed by atoms with van der Waals surface area (Å²) in [6, 6.07) is 12.8. The molecule has 0 radical (unpaired) electrons. The third-order valence-corrected chi connectivity index (χ3v) is 2.75. The van der Waals surface area contributed by atoms with E-state index in [9.17, 15) is 4.79 Å². The van der Waals surface area contributed by atoms with Crippen LogP contribution in [0.4, 0.5) is 0 Å². The zero-order valence-electron chi connectivity index (χ0n) is 11.1. The summed E-state index contributed by atoms with van der Waals surface area (Å²) in [5.74, 6) is -0.225. The summed E-state index contributed by atoms with van der Waals surface area (Å²) in [5.41, 5.74) is 7.62. The molecule has 0 aliphatic carbocycles. The molecule has 0 atom stereocenters. The molecule has 0 unspecified atom stereocenters. The van der Waals surface area contributed by atoms with E-state index in [1.165, 1.54) is 0 Å². The highest BCUT2D eigenvalue weighted by molar-refractivity contribution is 6.11. The molecule has 0 aliphatic heterocycles. The Morgan fingerprint density at radius 3 is 2.55 bits per heavy atom. The van der Waals surface area contributed by atoms with Gasteiger partial charge in [-0.3, -0.25) is 10.2 Å². The van der Waals surface area contributed by atoms with Crippen molar-refractivity contribution < 1.29 is 9.53 Å². The lowest BCUT2D eigenvalue weighted by Gasteiger charge is -2.09. The van der Waals surface area contributed by atoms with Crippen LogP contribution in [0.1, 0.15) is 16.8 Å². The van der Waals surface area contributed by atoms with Crippen molar-refractivity contribution in [1.29, 1.82) is 5.41 Å². The smallest absolute Gasteiger partial charge is 0.255 e. The lowest BCUT2D eigenvalue weighted by Crippen LogP contribution is -2.20. The fraction of sp³-hybridized carbons (Fsp3) is 0.133. The number of benzene rings is 1. The van der Waals surface area contributed by atoms with Gasteiger partial charge in [-0.05, 0) is 13.0 Å². The van der Waals surface area contributed by atoms with Crippen LogP contribution >= 0.6 is 0 Å². The van der Waals surface area contributed by atoms with Crippen molar-refractivity contribution in [3.8, 4) is 5.88 Å². The minimum absolute atomic E-state index is 0.206. The number of carbonyl (C=O) groups is 1. The average Bonchev–Trinajstić information content (AvgIpc) is 2.45. The second kappa shape index (κ2) is 5.97. The van der Waals surface area contributed by atoms with Gasteiger partial charge in [0.05, 0.1) is 11.4 Å². The molecule has 1 heterocycles. The van der Waals surface area contributed by atoms with Gasteiger partial charge in [-0.25, -0.2) is 4.98 Å². The largest absolute Gasteiger partial charge is 0.468 e. The first kappa shape index (κ1) is 13.7. The van der Waals surface area contributed by atoms with Gasteiger partial charge in [0, 0.05) is 17.2 Å². The van der Waals surface area contributed by atoms with E-state index in [0.717, 1.165) is 11.1 Å². The van der Waals surface area contributed by atoms with Crippen molar-refractivity contribution in [3.05, 3.63) is 59.3 Å². The molecule has 0 saturated heterocycles. The first-order valence-corrected chi connectivity index (χ1v) is 6.11. The highest BCUT2D eigenvalue weighted by Crippen LogP contribution is 2.16. The molecule has 5 heteroatoms. The topological polar surface area (TPSA) is 89.1 Å². The van der Waals surface area contributed by atoms with Gasteiger partial charge in [0.2, 0.25) is 5.88 Å². The van der Waals surface area contributed by atoms with Crippen LogP contribution in [-0.2, 0) is 4.79 Å². The van der Waals surface area contributed by atoms with Gasteiger partial charge in [-0.1, -0.05) is 30.3 Å². The number of nitrogens with zero attached hydrogens (tertiary/aromatic N) is 1. The zero-order chi connectivity index (χ0) is 14.5. The van der Waals surface area contributed by atoms with Crippen molar-refractivity contribution in [1.82, 2.24) is 4.98 Å². The lowest BCUT2D eigenvalue weighted by molar-refractivity contribution is -0.120. The third-order valence-electron chi connectivity index (χ3n) is 2.75. The molecule has 0 spiro atoms. The molecule has 1 aromatic heterocycles. The van der Waals surface area contributed by atoms with Crippen molar-refractivity contribution >= 4 is 11.6 Å². The Balaban J connectivity index is 2.22. The molecule has 0 bridgehead atoms. The Morgan fingerprint density at radius 2 is 1.95 bits per heavy atom. The average molecular weight is 269 g/mol. The second-order valence-corrected chi connectivity index (χ2v) is 4.28. The molecule has 1 aromatic carbocycles. The van der Waals surface area contributed by atoms with Crippen LogP contribution in [-0.4, -0.2) is 23.2 Å². The lowest BCUT2D eigenvalue weighted by atomic mass is 10.0. The number of hydrogen-bond donors (Lipinski definition) is 2. The fourth-order valence-electron chi connectivity index (χ4n) is 1.79. The molecule has 2 aromatic rings. The van der Waals surface area contributed by atoms with Crippen LogP contribution in [0.15, 0.2) is 42.5 Å². The normalized spacial score (nSPS) is 10.1. The van der Waals surface area contributed by atoms with E-state index in [-0.39, 0.29) is 6.61 Å². The van der Waals surface area contributed by atoms with Crippen LogP contribution in [0.3, 0.4) is 0 Å². The van der Waals surface area contributed by atoms with E-state index in [2.05, 4.69) is 4.98 Å². The standard InChI is InChI=1S/C15H15N3O2/c1-10-12(15(17)11-5-3-2-4-6-11)7-8-14(18-10)20-9-13(16)19/h2-8,17H,9H2,1H3,(H2,16,19). The first-order valence-electron chi connectivity index (χ1n) is 6.11. The number of amides is 1. The van der Waals surface area contributed by atoms with Crippen LogP contribution in [0.2, 0.25) is 0 Å². The predicted octanol–water partition coefficient (Wildman–Crippen LogP) is 1.67. The summed E-state index contributed by atoms with van der Waals surface area (Å²) in [7, 11) is 0. The molecule has 3 N–H and O–H groups in total. The van der Waals surface area contributed by atoms with Gasteiger partial charge in [0.25, 0.3) is 5.91 Å². The van der Waals surface area contributed by atoms with Gasteiger partial charge >= 0.3 is 0 Å². The van der Waals surface area contributed by atoms with Gasteiger partial charge in [-0.15, -0.1) is 0 Å². The number of aromatic nitrogens is 1. The molecule has 0 fully saturated rings. The molecule has 0 saturated carbocycles. The van der Waals surface area contributed by atoms with Gasteiger partial charge < -0.3 is 10.5 Å². The van der Waals surface area contributed by atoms with E-state index < -0.39 is 5.91 Å². The van der Waals surface area contributed by atoms with E-state index in [4.69, 9.17) is 15.9 Å². The molecule has 1 amide bonds. The van der Waals surface area contributed by atoms with Crippen molar-refractivity contribution in [2.75, 3.05) is 6.61 Å². The molecular formula is C15H15N3O2.